The van der Waals surface area contributed by atoms with Crippen LogP contribution in [-0.2, 0) is 14.9 Å². The molecule has 0 radical (unpaired) electrons. The first-order valence-corrected chi connectivity index (χ1v) is 6.89. The Bertz CT molecular complexity index is 467. The number of nitrogens with one attached hydrogen (secondary N) is 2. The van der Waals surface area contributed by atoms with E-state index in [0.717, 1.165) is 18.4 Å². The Kier molecular flexibility index (Phi) is 7.08. The van der Waals surface area contributed by atoms with Crippen LogP contribution < -0.4 is 10.6 Å². The zero-order valence-corrected chi connectivity index (χ0v) is 13.0. The highest BCUT2D eigenvalue weighted by Crippen LogP contribution is 2.47. The molecule has 1 aromatic rings. The molecule has 2 N–H and O–H groups in total. The fourth-order valence-electron chi connectivity index (χ4n) is 2.24. The van der Waals surface area contributed by atoms with Crippen molar-refractivity contribution in [1.82, 2.24) is 10.6 Å². The van der Waals surface area contributed by atoms with Crippen molar-refractivity contribution in [2.24, 2.45) is 0 Å². The van der Waals surface area contributed by atoms with E-state index in [1.807, 2.05) is 6.07 Å². The summed E-state index contributed by atoms with van der Waals surface area (Å²) in [5, 5.41) is 5.91. The standard InChI is InChI=1S/C15H21FN2O2.ClH/c1-20-8-7-17-10-14(19)18-11-15(5-6-15)12-3-2-4-13(16)9-12;/h2-4,9,17H,5-8,10-11H2,1H3,(H,18,19);1H. The Morgan fingerprint density at radius 3 is 2.81 bits per heavy atom. The van der Waals surface area contributed by atoms with Gasteiger partial charge in [-0.25, -0.2) is 4.39 Å². The van der Waals surface area contributed by atoms with Crippen LogP contribution in [0.25, 0.3) is 0 Å². The normalized spacial score (nSPS) is 15.1. The zero-order valence-electron chi connectivity index (χ0n) is 12.2. The van der Waals surface area contributed by atoms with Crippen LogP contribution in [0.5, 0.6) is 0 Å². The number of halogens is 2. The van der Waals surface area contributed by atoms with Crippen molar-refractivity contribution >= 4 is 18.3 Å². The monoisotopic (exact) mass is 316 g/mol. The van der Waals surface area contributed by atoms with E-state index in [0.29, 0.717) is 19.7 Å². The molecule has 1 saturated carbocycles. The van der Waals surface area contributed by atoms with Crippen LogP contribution in [0.15, 0.2) is 24.3 Å². The van der Waals surface area contributed by atoms with E-state index in [1.165, 1.54) is 6.07 Å². The molecule has 0 unspecified atom stereocenters. The lowest BCUT2D eigenvalue weighted by atomic mass is 9.96. The summed E-state index contributed by atoms with van der Waals surface area (Å²) in [7, 11) is 1.62. The number of hydrogen-bond acceptors (Lipinski definition) is 3. The second-order valence-corrected chi connectivity index (χ2v) is 5.24. The highest BCUT2D eigenvalue weighted by molar-refractivity contribution is 5.85. The largest absolute Gasteiger partial charge is 0.383 e. The lowest BCUT2D eigenvalue weighted by Crippen LogP contribution is -2.39. The summed E-state index contributed by atoms with van der Waals surface area (Å²) in [5.41, 5.74) is 0.912. The van der Waals surface area contributed by atoms with Gasteiger partial charge in [0.1, 0.15) is 5.82 Å². The van der Waals surface area contributed by atoms with Crippen LogP contribution in [0.2, 0.25) is 0 Å². The molecule has 0 bridgehead atoms. The van der Waals surface area contributed by atoms with Gasteiger partial charge in [0.2, 0.25) is 5.91 Å². The van der Waals surface area contributed by atoms with E-state index in [4.69, 9.17) is 4.74 Å². The molecule has 0 saturated heterocycles. The van der Waals surface area contributed by atoms with Crippen molar-refractivity contribution in [1.29, 1.82) is 0 Å². The van der Waals surface area contributed by atoms with Crippen LogP contribution in [0.4, 0.5) is 4.39 Å². The Morgan fingerprint density at radius 1 is 1.43 bits per heavy atom. The minimum absolute atomic E-state index is 0. The number of hydrogen-bond donors (Lipinski definition) is 2. The first-order valence-electron chi connectivity index (χ1n) is 6.89. The maximum Gasteiger partial charge on any atom is 0.233 e. The van der Waals surface area contributed by atoms with Crippen LogP contribution in [-0.4, -0.2) is 39.3 Å². The number of ether oxygens (including phenoxy) is 1. The molecule has 2 rings (SSSR count). The summed E-state index contributed by atoms with van der Waals surface area (Å²) in [5.74, 6) is -0.259. The summed E-state index contributed by atoms with van der Waals surface area (Å²) in [6.07, 6.45) is 1.99. The van der Waals surface area contributed by atoms with E-state index in [2.05, 4.69) is 10.6 Å². The van der Waals surface area contributed by atoms with Gasteiger partial charge in [-0.1, -0.05) is 12.1 Å². The van der Waals surface area contributed by atoms with E-state index < -0.39 is 0 Å². The molecular formula is C15H22ClFN2O2. The van der Waals surface area contributed by atoms with Crippen molar-refractivity contribution < 1.29 is 13.9 Å². The molecule has 0 aromatic heterocycles. The number of carbonyl (C=O) groups is 1. The highest BCUT2D eigenvalue weighted by Gasteiger charge is 2.44. The molecule has 1 aromatic carbocycles. The third-order valence-electron chi connectivity index (χ3n) is 3.68. The molecule has 1 amide bonds. The molecule has 4 nitrogen and oxygen atoms in total. The summed E-state index contributed by atoms with van der Waals surface area (Å²) < 4.78 is 18.1. The molecule has 1 fully saturated rings. The SMILES string of the molecule is COCCNCC(=O)NCC1(c2cccc(F)c2)CC1.Cl. The fourth-order valence-corrected chi connectivity index (χ4v) is 2.24. The average Bonchev–Trinajstić information content (AvgIpc) is 3.23. The van der Waals surface area contributed by atoms with Crippen LogP contribution >= 0.6 is 12.4 Å². The quantitative estimate of drug-likeness (QED) is 0.717. The maximum atomic E-state index is 13.3. The first-order chi connectivity index (χ1) is 9.66. The van der Waals surface area contributed by atoms with Gasteiger partial charge in [0, 0.05) is 25.6 Å². The first kappa shape index (κ1) is 17.9. The molecule has 6 heteroatoms. The second kappa shape index (κ2) is 8.32. The molecule has 0 spiro atoms. The number of carbonyl (C=O) groups excluding carboxylic acids is 1. The van der Waals surface area contributed by atoms with E-state index in [9.17, 15) is 9.18 Å². The predicted octanol–water partition coefficient (Wildman–Crippen LogP) is 1.63. The van der Waals surface area contributed by atoms with Crippen LogP contribution in [0.3, 0.4) is 0 Å². The van der Waals surface area contributed by atoms with E-state index in [1.54, 1.807) is 19.2 Å². The number of amides is 1. The van der Waals surface area contributed by atoms with Crippen LogP contribution in [0.1, 0.15) is 18.4 Å². The zero-order chi connectivity index (χ0) is 14.4. The number of methoxy groups -OCH3 is 1. The predicted molar refractivity (Wildman–Crippen MR) is 82.3 cm³/mol. The van der Waals surface area contributed by atoms with Gasteiger partial charge >= 0.3 is 0 Å². The molecule has 0 heterocycles. The molecule has 118 valence electrons. The van der Waals surface area contributed by atoms with Gasteiger partial charge in [0.25, 0.3) is 0 Å². The van der Waals surface area contributed by atoms with Gasteiger partial charge in [-0.05, 0) is 30.5 Å². The molecular weight excluding hydrogens is 295 g/mol. The van der Waals surface area contributed by atoms with Crippen LogP contribution in [0, 0.1) is 5.82 Å². The third kappa shape index (κ3) is 5.26. The van der Waals surface area contributed by atoms with Gasteiger partial charge in [0.05, 0.1) is 13.2 Å². The smallest absolute Gasteiger partial charge is 0.233 e. The lowest BCUT2D eigenvalue weighted by molar-refractivity contribution is -0.120. The molecule has 0 atom stereocenters. The van der Waals surface area contributed by atoms with Gasteiger partial charge in [-0.2, -0.15) is 0 Å². The second-order valence-electron chi connectivity index (χ2n) is 5.24. The van der Waals surface area contributed by atoms with Gasteiger partial charge in [0.15, 0.2) is 0 Å². The highest BCUT2D eigenvalue weighted by atomic mass is 35.5. The van der Waals surface area contributed by atoms with Crippen molar-refractivity contribution in [3.63, 3.8) is 0 Å². The average molecular weight is 317 g/mol. The summed E-state index contributed by atoms with van der Waals surface area (Å²) in [6.45, 7) is 2.09. The van der Waals surface area contributed by atoms with E-state index >= 15 is 0 Å². The van der Waals surface area contributed by atoms with Gasteiger partial charge < -0.3 is 15.4 Å². The Hall–Kier alpha value is -1.17. The Labute approximate surface area is 130 Å². The minimum atomic E-state index is -0.221. The van der Waals surface area contributed by atoms with Crippen molar-refractivity contribution in [2.45, 2.75) is 18.3 Å². The maximum absolute atomic E-state index is 13.3. The third-order valence-corrected chi connectivity index (χ3v) is 3.68. The van der Waals surface area contributed by atoms with Gasteiger partial charge in [-0.15, -0.1) is 12.4 Å². The van der Waals surface area contributed by atoms with Crippen molar-refractivity contribution in [3.05, 3.63) is 35.6 Å². The summed E-state index contributed by atoms with van der Waals surface area (Å²) >= 11 is 0. The number of benzene rings is 1. The van der Waals surface area contributed by atoms with Gasteiger partial charge in [-0.3, -0.25) is 4.79 Å². The van der Waals surface area contributed by atoms with Crippen molar-refractivity contribution in [3.8, 4) is 0 Å². The fraction of sp³-hybridized carbons (Fsp3) is 0.533. The van der Waals surface area contributed by atoms with E-state index in [-0.39, 0.29) is 36.1 Å². The minimum Gasteiger partial charge on any atom is -0.383 e. The lowest BCUT2D eigenvalue weighted by Gasteiger charge is -2.17. The molecule has 0 aliphatic heterocycles. The Balaban J connectivity index is 0.00000220. The Morgan fingerprint density at radius 2 is 2.19 bits per heavy atom. The van der Waals surface area contributed by atoms with Crippen molar-refractivity contribution in [2.75, 3.05) is 33.4 Å². The summed E-state index contributed by atoms with van der Waals surface area (Å²) in [6, 6.07) is 6.66. The molecule has 1 aliphatic rings. The molecule has 21 heavy (non-hydrogen) atoms. The summed E-state index contributed by atoms with van der Waals surface area (Å²) in [4.78, 5) is 11.7. The topological polar surface area (TPSA) is 50.4 Å². The number of rotatable bonds is 8. The molecule has 1 aliphatic carbocycles.